The first-order chi connectivity index (χ1) is 8.58. The molecule has 0 saturated heterocycles. The molecule has 4 nitrogen and oxygen atoms in total. The number of nitrogens with zero attached hydrogens (tertiary/aromatic N) is 1. The van der Waals surface area contributed by atoms with E-state index in [-0.39, 0.29) is 16.5 Å². The van der Waals surface area contributed by atoms with Crippen LogP contribution in [0.1, 0.15) is 10.4 Å². The number of aromatic carboxylic acids is 1. The summed E-state index contributed by atoms with van der Waals surface area (Å²) in [6.07, 6.45) is 1.17. The maximum Gasteiger partial charge on any atom is 0.337 e. The van der Waals surface area contributed by atoms with Gasteiger partial charge < -0.3 is 9.84 Å². The second-order valence-electron chi connectivity index (χ2n) is 3.35. The lowest BCUT2D eigenvalue weighted by Gasteiger charge is -2.07. The fourth-order valence-corrected chi connectivity index (χ4v) is 1.63. The van der Waals surface area contributed by atoms with Gasteiger partial charge in [-0.15, -0.1) is 0 Å². The van der Waals surface area contributed by atoms with Gasteiger partial charge in [-0.2, -0.15) is 0 Å². The molecule has 0 radical (unpaired) electrons. The van der Waals surface area contributed by atoms with E-state index in [4.69, 9.17) is 33.0 Å². The summed E-state index contributed by atoms with van der Waals surface area (Å²) >= 11 is 11.8. The van der Waals surface area contributed by atoms with Crippen LogP contribution in [0.15, 0.2) is 36.5 Å². The smallest absolute Gasteiger partial charge is 0.337 e. The maximum absolute atomic E-state index is 10.7. The minimum Gasteiger partial charge on any atom is -0.478 e. The minimum atomic E-state index is -1.10. The molecule has 0 bridgehead atoms. The van der Waals surface area contributed by atoms with Gasteiger partial charge in [0.1, 0.15) is 10.8 Å². The van der Waals surface area contributed by atoms with Gasteiger partial charge in [-0.25, -0.2) is 9.78 Å². The van der Waals surface area contributed by atoms with E-state index in [1.807, 2.05) is 0 Å². The number of halogens is 2. The first kappa shape index (κ1) is 12.7. The van der Waals surface area contributed by atoms with Crippen LogP contribution in [-0.4, -0.2) is 16.1 Å². The molecule has 0 unspecified atom stereocenters. The number of hydrogen-bond donors (Lipinski definition) is 1. The number of pyridine rings is 1. The number of para-hydroxylation sites is 1. The molecule has 2 rings (SSSR count). The molecular formula is C12H7Cl2NO3. The van der Waals surface area contributed by atoms with E-state index in [9.17, 15) is 4.79 Å². The van der Waals surface area contributed by atoms with Crippen molar-refractivity contribution < 1.29 is 14.6 Å². The number of ether oxygens (including phenoxy) is 1. The summed E-state index contributed by atoms with van der Waals surface area (Å²) in [4.78, 5) is 14.6. The second kappa shape index (κ2) is 5.25. The number of benzene rings is 1. The fraction of sp³-hybridized carbons (Fsp3) is 0. The lowest BCUT2D eigenvalue weighted by atomic mass is 10.3. The Hall–Kier alpha value is -1.78. The molecule has 0 aliphatic rings. The molecule has 1 heterocycles. The van der Waals surface area contributed by atoms with Crippen LogP contribution in [0.4, 0.5) is 0 Å². The fourth-order valence-electron chi connectivity index (χ4n) is 1.25. The van der Waals surface area contributed by atoms with Gasteiger partial charge in [0.25, 0.3) is 0 Å². The lowest BCUT2D eigenvalue weighted by Crippen LogP contribution is -1.98. The topological polar surface area (TPSA) is 59.4 Å². The van der Waals surface area contributed by atoms with Crippen molar-refractivity contribution in [1.82, 2.24) is 4.98 Å². The summed E-state index contributed by atoms with van der Waals surface area (Å²) < 4.78 is 5.41. The molecule has 1 aromatic carbocycles. The SMILES string of the molecule is O=C(O)c1cnc(Oc2ccccc2Cl)c(Cl)c1. The average Bonchev–Trinajstić information content (AvgIpc) is 2.34. The molecule has 0 aliphatic carbocycles. The van der Waals surface area contributed by atoms with Crippen molar-refractivity contribution in [1.29, 1.82) is 0 Å². The van der Waals surface area contributed by atoms with E-state index < -0.39 is 5.97 Å². The molecule has 0 fully saturated rings. The van der Waals surface area contributed by atoms with E-state index in [1.165, 1.54) is 12.3 Å². The Kier molecular flexibility index (Phi) is 3.69. The molecule has 0 aliphatic heterocycles. The molecule has 18 heavy (non-hydrogen) atoms. The number of aromatic nitrogens is 1. The van der Waals surface area contributed by atoms with Crippen molar-refractivity contribution >= 4 is 29.2 Å². The molecular weight excluding hydrogens is 277 g/mol. The molecule has 1 aromatic heterocycles. The molecule has 92 valence electrons. The summed E-state index contributed by atoms with van der Waals surface area (Å²) in [7, 11) is 0. The summed E-state index contributed by atoms with van der Waals surface area (Å²) in [5, 5.41) is 9.29. The molecule has 2 aromatic rings. The van der Waals surface area contributed by atoms with Gasteiger partial charge in [-0.3, -0.25) is 0 Å². The van der Waals surface area contributed by atoms with Crippen LogP contribution in [-0.2, 0) is 0 Å². The second-order valence-corrected chi connectivity index (χ2v) is 4.16. The van der Waals surface area contributed by atoms with Crippen LogP contribution < -0.4 is 4.74 Å². The van der Waals surface area contributed by atoms with E-state index in [0.717, 1.165) is 0 Å². The summed E-state index contributed by atoms with van der Waals surface area (Å²) in [6, 6.07) is 8.10. The molecule has 0 amide bonds. The Balaban J connectivity index is 2.30. The highest BCUT2D eigenvalue weighted by Gasteiger charge is 2.11. The standard InChI is InChI=1S/C12H7Cl2NO3/c13-8-3-1-2-4-10(8)18-11-9(14)5-7(6-15-11)12(16)17/h1-6H,(H,16,17). The van der Waals surface area contributed by atoms with Gasteiger partial charge in [0.15, 0.2) is 0 Å². The predicted octanol–water partition coefficient (Wildman–Crippen LogP) is 3.88. The molecule has 0 atom stereocenters. The van der Waals surface area contributed by atoms with Crippen LogP contribution in [0, 0.1) is 0 Å². The van der Waals surface area contributed by atoms with Crippen molar-refractivity contribution in [2.45, 2.75) is 0 Å². The van der Waals surface area contributed by atoms with Crippen molar-refractivity contribution in [2.24, 2.45) is 0 Å². The Morgan fingerprint density at radius 2 is 1.94 bits per heavy atom. The third-order valence-electron chi connectivity index (χ3n) is 2.10. The van der Waals surface area contributed by atoms with Crippen molar-refractivity contribution in [3.05, 3.63) is 52.1 Å². The third-order valence-corrected chi connectivity index (χ3v) is 2.68. The first-order valence-electron chi connectivity index (χ1n) is 4.89. The quantitative estimate of drug-likeness (QED) is 0.929. The molecule has 0 spiro atoms. The lowest BCUT2D eigenvalue weighted by molar-refractivity contribution is 0.0696. The largest absolute Gasteiger partial charge is 0.478 e. The Labute approximate surface area is 113 Å². The van der Waals surface area contributed by atoms with Crippen LogP contribution in [0.3, 0.4) is 0 Å². The maximum atomic E-state index is 10.7. The Morgan fingerprint density at radius 1 is 1.22 bits per heavy atom. The summed E-state index contributed by atoms with van der Waals surface area (Å²) in [6.45, 7) is 0. The summed E-state index contributed by atoms with van der Waals surface area (Å²) in [5.74, 6) is -0.597. The van der Waals surface area contributed by atoms with Crippen molar-refractivity contribution in [3.8, 4) is 11.6 Å². The van der Waals surface area contributed by atoms with Gasteiger partial charge in [-0.1, -0.05) is 35.3 Å². The minimum absolute atomic E-state index is 0.00786. The Bertz CT molecular complexity index is 602. The normalized spacial score (nSPS) is 10.1. The molecule has 6 heteroatoms. The summed E-state index contributed by atoms with van der Waals surface area (Å²) in [5.41, 5.74) is -0.00786. The zero-order valence-electron chi connectivity index (χ0n) is 8.93. The van der Waals surface area contributed by atoms with E-state index >= 15 is 0 Å². The Morgan fingerprint density at radius 3 is 2.56 bits per heavy atom. The highest BCUT2D eigenvalue weighted by atomic mass is 35.5. The van der Waals surface area contributed by atoms with E-state index in [2.05, 4.69) is 4.98 Å². The van der Waals surface area contributed by atoms with Crippen LogP contribution in [0.5, 0.6) is 11.6 Å². The number of hydrogen-bond acceptors (Lipinski definition) is 3. The number of carboxylic acid groups (broad SMARTS) is 1. The van der Waals surface area contributed by atoms with Gasteiger partial charge in [0.2, 0.25) is 5.88 Å². The van der Waals surface area contributed by atoms with Gasteiger partial charge in [0, 0.05) is 6.20 Å². The van der Waals surface area contributed by atoms with Crippen molar-refractivity contribution in [3.63, 3.8) is 0 Å². The van der Waals surface area contributed by atoms with Gasteiger partial charge in [-0.05, 0) is 18.2 Å². The van der Waals surface area contributed by atoms with Crippen LogP contribution in [0.25, 0.3) is 0 Å². The average molecular weight is 284 g/mol. The zero-order chi connectivity index (χ0) is 13.1. The highest BCUT2D eigenvalue weighted by Crippen LogP contribution is 2.31. The first-order valence-corrected chi connectivity index (χ1v) is 5.65. The molecule has 1 N–H and O–H groups in total. The highest BCUT2D eigenvalue weighted by molar-refractivity contribution is 6.32. The molecule has 0 saturated carbocycles. The van der Waals surface area contributed by atoms with Gasteiger partial charge in [0.05, 0.1) is 10.6 Å². The zero-order valence-corrected chi connectivity index (χ0v) is 10.4. The van der Waals surface area contributed by atoms with Crippen LogP contribution >= 0.6 is 23.2 Å². The number of carbonyl (C=O) groups is 1. The monoisotopic (exact) mass is 283 g/mol. The number of carboxylic acids is 1. The van der Waals surface area contributed by atoms with Crippen LogP contribution in [0.2, 0.25) is 10.0 Å². The van der Waals surface area contributed by atoms with E-state index in [0.29, 0.717) is 10.8 Å². The van der Waals surface area contributed by atoms with E-state index in [1.54, 1.807) is 24.3 Å². The third kappa shape index (κ3) is 2.72. The van der Waals surface area contributed by atoms with Crippen molar-refractivity contribution in [2.75, 3.05) is 0 Å². The predicted molar refractivity (Wildman–Crippen MR) is 67.7 cm³/mol. The number of rotatable bonds is 3. The van der Waals surface area contributed by atoms with Gasteiger partial charge >= 0.3 is 5.97 Å².